The lowest BCUT2D eigenvalue weighted by Crippen LogP contribution is -2.20. The molecule has 1 nitrogen and oxygen atoms in total. The highest BCUT2D eigenvalue weighted by atomic mass is 79.9. The highest BCUT2D eigenvalue weighted by molar-refractivity contribution is 9.10. The normalized spacial score (nSPS) is 17.5. The molecule has 1 aliphatic carbocycles. The number of halogens is 1. The van der Waals surface area contributed by atoms with Gasteiger partial charge in [0, 0.05) is 14.9 Å². The van der Waals surface area contributed by atoms with Crippen LogP contribution in [0.25, 0.3) is 10.6 Å². The summed E-state index contributed by atoms with van der Waals surface area (Å²) in [6.07, 6.45) is 3.56. The van der Waals surface area contributed by atoms with Crippen LogP contribution in [-0.2, 0) is 12.8 Å². The highest BCUT2D eigenvalue weighted by Gasteiger charge is 2.28. The number of fused-ring (bicyclic) bond motifs is 1. The quantitative estimate of drug-likeness (QED) is 0.713. The zero-order valence-corrected chi connectivity index (χ0v) is 13.1. The third-order valence-corrected chi connectivity index (χ3v) is 5.22. The van der Waals surface area contributed by atoms with Gasteiger partial charge in [0.15, 0.2) is 0 Å². The number of aryl methyl sites for hydroxylation is 1. The minimum atomic E-state index is 0.441. The summed E-state index contributed by atoms with van der Waals surface area (Å²) in [5, 5.41) is 1.17. The highest BCUT2D eigenvalue weighted by Crippen LogP contribution is 2.39. The zero-order chi connectivity index (χ0) is 12.8. The number of rotatable bonds is 1. The van der Waals surface area contributed by atoms with Crippen molar-refractivity contribution >= 4 is 27.3 Å². The van der Waals surface area contributed by atoms with E-state index in [1.807, 2.05) is 11.3 Å². The van der Waals surface area contributed by atoms with Crippen molar-refractivity contribution in [3.05, 3.63) is 39.3 Å². The van der Waals surface area contributed by atoms with Crippen LogP contribution in [0.15, 0.2) is 28.7 Å². The molecule has 0 saturated carbocycles. The lowest BCUT2D eigenvalue weighted by molar-refractivity contribution is 0.316. The Morgan fingerprint density at radius 1 is 1.22 bits per heavy atom. The summed E-state index contributed by atoms with van der Waals surface area (Å²) in [4.78, 5) is 6.31. The number of aromatic nitrogens is 1. The zero-order valence-electron chi connectivity index (χ0n) is 10.7. The molecule has 0 amide bonds. The fraction of sp³-hybridized carbons (Fsp3) is 0.400. The van der Waals surface area contributed by atoms with Crippen molar-refractivity contribution in [1.29, 1.82) is 0 Å². The van der Waals surface area contributed by atoms with Crippen LogP contribution in [0, 0.1) is 5.41 Å². The molecule has 0 aliphatic heterocycles. The van der Waals surface area contributed by atoms with Crippen LogP contribution in [0.4, 0.5) is 0 Å². The summed E-state index contributed by atoms with van der Waals surface area (Å²) < 4.78 is 1.12. The van der Waals surface area contributed by atoms with E-state index in [-0.39, 0.29) is 0 Å². The Balaban J connectivity index is 1.96. The molecule has 0 atom stereocenters. The van der Waals surface area contributed by atoms with Gasteiger partial charge in [-0.1, -0.05) is 41.9 Å². The third-order valence-electron chi connectivity index (χ3n) is 3.55. The molecule has 18 heavy (non-hydrogen) atoms. The Kier molecular flexibility index (Phi) is 3.07. The number of hydrogen-bond acceptors (Lipinski definition) is 2. The van der Waals surface area contributed by atoms with Gasteiger partial charge in [0.1, 0.15) is 5.01 Å². The Morgan fingerprint density at radius 2 is 1.94 bits per heavy atom. The number of thiazole rings is 1. The molecule has 0 N–H and O–H groups in total. The third kappa shape index (κ3) is 2.39. The molecule has 1 aromatic heterocycles. The first-order valence-electron chi connectivity index (χ1n) is 6.28. The van der Waals surface area contributed by atoms with Crippen LogP contribution in [0.3, 0.4) is 0 Å². The Morgan fingerprint density at radius 3 is 2.67 bits per heavy atom. The molecule has 1 aliphatic rings. The lowest BCUT2D eigenvalue weighted by atomic mass is 9.79. The summed E-state index contributed by atoms with van der Waals surface area (Å²) in [5.74, 6) is 0. The van der Waals surface area contributed by atoms with E-state index in [2.05, 4.69) is 54.0 Å². The monoisotopic (exact) mass is 321 g/mol. The van der Waals surface area contributed by atoms with Crippen LogP contribution in [-0.4, -0.2) is 4.98 Å². The second-order valence-corrected chi connectivity index (χ2v) is 7.74. The summed E-state index contributed by atoms with van der Waals surface area (Å²) in [6, 6.07) is 8.44. The summed E-state index contributed by atoms with van der Waals surface area (Å²) in [6.45, 7) is 4.71. The van der Waals surface area contributed by atoms with Crippen molar-refractivity contribution in [2.45, 2.75) is 33.1 Å². The molecular formula is C15H16BrNS. The van der Waals surface area contributed by atoms with Crippen LogP contribution in [0.2, 0.25) is 0 Å². The summed E-state index contributed by atoms with van der Waals surface area (Å²) in [5.41, 5.74) is 3.00. The van der Waals surface area contributed by atoms with Crippen molar-refractivity contribution < 1.29 is 0 Å². The first kappa shape index (κ1) is 12.4. The summed E-state index contributed by atoms with van der Waals surface area (Å²) >= 11 is 5.34. The van der Waals surface area contributed by atoms with Crippen molar-refractivity contribution in [3.8, 4) is 10.6 Å². The van der Waals surface area contributed by atoms with Gasteiger partial charge >= 0.3 is 0 Å². The molecular weight excluding hydrogens is 306 g/mol. The maximum absolute atomic E-state index is 4.82. The van der Waals surface area contributed by atoms with Gasteiger partial charge in [0.25, 0.3) is 0 Å². The van der Waals surface area contributed by atoms with Crippen molar-refractivity contribution in [3.63, 3.8) is 0 Å². The number of nitrogens with zero attached hydrogens (tertiary/aromatic N) is 1. The van der Waals surface area contributed by atoms with Crippen LogP contribution in [0.5, 0.6) is 0 Å². The molecule has 0 spiro atoms. The van der Waals surface area contributed by atoms with E-state index >= 15 is 0 Å². The fourth-order valence-electron chi connectivity index (χ4n) is 2.41. The van der Waals surface area contributed by atoms with Crippen molar-refractivity contribution in [2.75, 3.05) is 0 Å². The van der Waals surface area contributed by atoms with Crippen molar-refractivity contribution in [2.24, 2.45) is 5.41 Å². The van der Waals surface area contributed by atoms with Gasteiger partial charge in [-0.05, 0) is 36.8 Å². The van der Waals surface area contributed by atoms with E-state index in [9.17, 15) is 0 Å². The average Bonchev–Trinajstić information content (AvgIpc) is 2.71. The molecule has 1 heterocycles. The topological polar surface area (TPSA) is 12.9 Å². The smallest absolute Gasteiger partial charge is 0.123 e. The van der Waals surface area contributed by atoms with E-state index in [0.29, 0.717) is 5.41 Å². The van der Waals surface area contributed by atoms with Gasteiger partial charge in [-0.2, -0.15) is 0 Å². The summed E-state index contributed by atoms with van der Waals surface area (Å²) in [7, 11) is 0. The Hall–Kier alpha value is -0.670. The molecule has 3 rings (SSSR count). The second-order valence-electron chi connectivity index (χ2n) is 5.74. The van der Waals surface area contributed by atoms with Gasteiger partial charge in [-0.3, -0.25) is 0 Å². The van der Waals surface area contributed by atoms with Gasteiger partial charge in [0.05, 0.1) is 5.69 Å². The molecule has 0 fully saturated rings. The fourth-order valence-corrected chi connectivity index (χ4v) is 4.05. The van der Waals surface area contributed by atoms with Crippen LogP contribution in [0.1, 0.15) is 30.8 Å². The standard InChI is InChI=1S/C15H16BrNS/c1-15(2)8-7-12-13(9-15)18-14(17-12)10-3-5-11(16)6-4-10/h3-6H,7-9H2,1-2H3. The van der Waals surface area contributed by atoms with E-state index in [1.165, 1.54) is 34.0 Å². The maximum atomic E-state index is 4.82. The molecule has 0 saturated heterocycles. The van der Waals surface area contributed by atoms with Gasteiger partial charge in [-0.15, -0.1) is 11.3 Å². The molecule has 1 aromatic carbocycles. The van der Waals surface area contributed by atoms with Gasteiger partial charge in [0.2, 0.25) is 0 Å². The van der Waals surface area contributed by atoms with E-state index in [4.69, 9.17) is 4.98 Å². The van der Waals surface area contributed by atoms with Crippen LogP contribution < -0.4 is 0 Å². The lowest BCUT2D eigenvalue weighted by Gasteiger charge is -2.28. The van der Waals surface area contributed by atoms with E-state index in [1.54, 1.807) is 0 Å². The van der Waals surface area contributed by atoms with Crippen molar-refractivity contribution in [1.82, 2.24) is 4.98 Å². The van der Waals surface area contributed by atoms with Gasteiger partial charge in [-0.25, -0.2) is 4.98 Å². The minimum Gasteiger partial charge on any atom is -0.241 e. The Bertz CT molecular complexity index is 569. The first-order valence-corrected chi connectivity index (χ1v) is 7.89. The number of benzene rings is 1. The maximum Gasteiger partial charge on any atom is 0.123 e. The molecule has 3 heteroatoms. The largest absolute Gasteiger partial charge is 0.241 e. The number of hydrogen-bond donors (Lipinski definition) is 0. The predicted octanol–water partition coefficient (Wildman–Crippen LogP) is 5.09. The van der Waals surface area contributed by atoms with Crippen LogP contribution >= 0.6 is 27.3 Å². The molecule has 94 valence electrons. The molecule has 2 aromatic rings. The SMILES string of the molecule is CC1(C)CCc2nc(-c3ccc(Br)cc3)sc2C1. The first-order chi connectivity index (χ1) is 8.53. The minimum absolute atomic E-state index is 0.441. The second kappa shape index (κ2) is 4.46. The van der Waals surface area contributed by atoms with E-state index < -0.39 is 0 Å². The average molecular weight is 322 g/mol. The van der Waals surface area contributed by atoms with E-state index in [0.717, 1.165) is 10.9 Å². The molecule has 0 bridgehead atoms. The van der Waals surface area contributed by atoms with Gasteiger partial charge < -0.3 is 0 Å². The molecule has 0 unspecified atom stereocenters. The Labute approximate surface area is 120 Å². The predicted molar refractivity (Wildman–Crippen MR) is 81.1 cm³/mol. The molecule has 0 radical (unpaired) electrons.